The van der Waals surface area contributed by atoms with Crippen LogP contribution in [0.1, 0.15) is 79.5 Å². The van der Waals surface area contributed by atoms with Gasteiger partial charge in [-0.05, 0) is 111 Å². The van der Waals surface area contributed by atoms with E-state index < -0.39 is 66.5 Å². The van der Waals surface area contributed by atoms with Crippen LogP contribution in [0.15, 0.2) is 164 Å². The summed E-state index contributed by atoms with van der Waals surface area (Å²) in [5.74, 6) is -0.797. The predicted octanol–water partition coefficient (Wildman–Crippen LogP) is 10.4. The summed E-state index contributed by atoms with van der Waals surface area (Å²) in [6, 6.07) is 44.2. The lowest BCUT2D eigenvalue weighted by molar-refractivity contribution is -0.387. The number of sulfonamides is 5. The number of Topliss-reactive ketones (excluding diaryl/α,β-unsaturated/α-hetero) is 1. The van der Waals surface area contributed by atoms with Gasteiger partial charge in [-0.3, -0.25) is 60.6 Å². The van der Waals surface area contributed by atoms with E-state index in [9.17, 15) is 80.6 Å². The van der Waals surface area contributed by atoms with Crippen molar-refractivity contribution in [3.8, 4) is 0 Å². The Morgan fingerprint density at radius 3 is 1.08 bits per heavy atom. The molecule has 14 rings (SSSR count). The maximum atomic E-state index is 12.7. The van der Waals surface area contributed by atoms with Gasteiger partial charge in [0.25, 0.3) is 17.7 Å². The molecule has 2 saturated carbocycles. The van der Waals surface area contributed by atoms with Gasteiger partial charge in [0.2, 0.25) is 61.8 Å². The molecule has 5 aliphatic rings. The van der Waals surface area contributed by atoms with Crippen LogP contribution < -0.4 is 55.1 Å². The van der Waals surface area contributed by atoms with Gasteiger partial charge in [-0.1, -0.05) is 108 Å². The van der Waals surface area contributed by atoms with Gasteiger partial charge in [0.15, 0.2) is 0 Å². The highest BCUT2D eigenvalue weighted by molar-refractivity contribution is 7.93. The zero-order chi connectivity index (χ0) is 91.9. The number of carbonyl (C=O) groups is 5. The maximum absolute atomic E-state index is 12.7. The lowest BCUT2D eigenvalue weighted by Crippen LogP contribution is -2.25. The van der Waals surface area contributed by atoms with Crippen molar-refractivity contribution < 1.29 is 75.4 Å². The first-order valence-corrected chi connectivity index (χ1v) is 47.1. The molecular weight excluding hydrogens is 1760 g/mol. The molecule has 6 heterocycles. The Balaban J connectivity index is 0.000000202. The zero-order valence-corrected chi connectivity index (χ0v) is 75.4. The Kier molecular flexibility index (Phi) is 33.1. The summed E-state index contributed by atoms with van der Waals surface area (Å²) in [4.78, 5) is 85.6. The molecule has 0 unspecified atom stereocenters. The molecular formula is C79H94Cl3FN18O17S5. The van der Waals surface area contributed by atoms with Crippen LogP contribution in [-0.4, -0.2) is 194 Å². The second-order valence-electron chi connectivity index (χ2n) is 28.4. The van der Waals surface area contributed by atoms with Crippen molar-refractivity contribution in [2.45, 2.75) is 51.7 Å². The van der Waals surface area contributed by atoms with Crippen LogP contribution in [0.4, 0.5) is 78.3 Å². The lowest BCUT2D eigenvalue weighted by atomic mass is 10.1. The molecule has 0 radical (unpaired) electrons. The Labute approximate surface area is 729 Å². The van der Waals surface area contributed by atoms with E-state index in [2.05, 4.69) is 25.6 Å². The number of ketones is 1. The number of primary amides is 1. The fourth-order valence-electron chi connectivity index (χ4n) is 11.5. The third-order valence-corrected chi connectivity index (χ3v) is 25.5. The van der Waals surface area contributed by atoms with Crippen LogP contribution in [0.5, 0.6) is 0 Å². The van der Waals surface area contributed by atoms with Crippen LogP contribution in [0.2, 0.25) is 15.3 Å². The van der Waals surface area contributed by atoms with Gasteiger partial charge in [-0.2, -0.15) is 4.39 Å². The molecule has 0 bridgehead atoms. The molecule has 0 atom stereocenters. The topological polar surface area (TPSA) is 492 Å². The van der Waals surface area contributed by atoms with Gasteiger partial charge in [-0.25, -0.2) is 52.1 Å². The van der Waals surface area contributed by atoms with E-state index in [0.717, 1.165) is 82.0 Å². The molecule has 9 aromatic rings. The van der Waals surface area contributed by atoms with Gasteiger partial charge < -0.3 is 48.3 Å². The summed E-state index contributed by atoms with van der Waals surface area (Å²) in [6.07, 6.45) is 9.82. The van der Waals surface area contributed by atoms with E-state index >= 15 is 0 Å². The number of halogens is 4. The zero-order valence-electron chi connectivity index (χ0n) is 69.1. The average Bonchev–Trinajstić information content (AvgIpc) is 1.66. The number of hydrogen-bond acceptors (Lipinski definition) is 25. The predicted molar refractivity (Wildman–Crippen MR) is 480 cm³/mol. The lowest BCUT2D eigenvalue weighted by Gasteiger charge is -2.21. The number of nitro groups is 1. The fourth-order valence-corrected chi connectivity index (χ4v) is 14.8. The number of aromatic nitrogens is 3. The summed E-state index contributed by atoms with van der Waals surface area (Å²) in [7, 11) is -4.11. The fraction of sp³-hybridized carbons (Fsp3) is 0.291. The molecule has 3 aromatic heterocycles. The van der Waals surface area contributed by atoms with Crippen LogP contribution in [0.3, 0.4) is 0 Å². The molecule has 0 spiro atoms. The minimum atomic E-state index is -3.47. The van der Waals surface area contributed by atoms with Crippen LogP contribution in [0.25, 0.3) is 0 Å². The van der Waals surface area contributed by atoms with E-state index in [0.29, 0.717) is 138 Å². The molecule has 10 N–H and O–H groups in total. The molecule has 2 fully saturated rings. The van der Waals surface area contributed by atoms with Crippen LogP contribution in [-0.2, 0) is 85.8 Å². The second kappa shape index (κ2) is 41.4. The van der Waals surface area contributed by atoms with Crippen molar-refractivity contribution in [2.75, 3.05) is 137 Å². The number of benzene rings is 6. The molecule has 44 heteroatoms. The van der Waals surface area contributed by atoms with E-state index in [4.69, 9.17) is 57.7 Å². The quantitative estimate of drug-likeness (QED) is 0.0190. The number of nitrogens with two attached hydrogens (primary N) is 4. The Morgan fingerprint density at radius 2 is 0.756 bits per heavy atom. The molecule has 660 valence electrons. The maximum Gasteiger partial charge on any atom is 0.304 e. The number of nitrogens with one attached hydrogen (secondary N) is 2. The largest absolute Gasteiger partial charge is 0.397 e. The Hall–Kier alpha value is -11.7. The summed E-state index contributed by atoms with van der Waals surface area (Å²) in [5.41, 5.74) is 31.0. The van der Waals surface area contributed by atoms with Crippen molar-refractivity contribution in [1.82, 2.24) is 29.7 Å². The number of hydrogen-bond donors (Lipinski definition) is 6. The number of carbonyl (C=O) groups excluding carboxylic acids is 5. The van der Waals surface area contributed by atoms with E-state index in [-0.39, 0.29) is 52.8 Å². The summed E-state index contributed by atoms with van der Waals surface area (Å²) >= 11 is 17.6. The van der Waals surface area contributed by atoms with Crippen molar-refractivity contribution in [1.29, 1.82) is 0 Å². The van der Waals surface area contributed by atoms with E-state index in [1.54, 1.807) is 169 Å². The standard InChI is InChI=1S/C21H24N4O4S.C16H17ClN4O3S.C8H6Cl2N2O.3C8H12N2O2S.C6H4FNO2.C4H7NO/c1-24-12-17-20(21(24)27)16(10-14(22-17)11-19(26)13-8-9-13)23-15-6-4-5-7-18(15)25(2)30(3,28)29;1-20-9-12-15(16(20)22)11(8-14(17)19-12)18-10-6-4-5-7-13(10)21(2)25(3,23)24;1-12-3-5-7(8(12)13)4(9)2-6(10)11-5;3*1-10(13(2,11)12)8-6-4-3-5-7(8)9;7-5-3-1-2-4-6(5)8(9)10;5-4(6)3-1-2-3/h4-7,10,13H,8-9,11-12H2,1-3H3,(H,22,23);4-8H,9H2,1-3H3,(H,18,19);2H,3H2,1H3;3*3-6H,9H2,1-2H3;1-4H;3H,1-2H2,(H2,5,6). The number of fused-ring (bicyclic) bond motifs is 3. The van der Waals surface area contributed by atoms with Gasteiger partial charge >= 0.3 is 5.69 Å². The number of nitro benzene ring substituents is 1. The number of nitrogen functional groups attached to an aromatic ring is 3. The molecule has 4 amide bonds. The van der Waals surface area contributed by atoms with Gasteiger partial charge in [0.05, 0.1) is 169 Å². The molecule has 123 heavy (non-hydrogen) atoms. The highest BCUT2D eigenvalue weighted by Gasteiger charge is 2.35. The minimum absolute atomic E-state index is 0.0934. The highest BCUT2D eigenvalue weighted by atomic mass is 35.5. The minimum Gasteiger partial charge on any atom is -0.397 e. The van der Waals surface area contributed by atoms with Crippen LogP contribution >= 0.6 is 34.8 Å². The van der Waals surface area contributed by atoms with E-state index in [1.807, 2.05) is 0 Å². The monoisotopic (exact) mass is 1850 g/mol. The Bertz CT molecular complexity index is 5900. The smallest absolute Gasteiger partial charge is 0.304 e. The van der Waals surface area contributed by atoms with Crippen molar-refractivity contribution in [3.63, 3.8) is 0 Å². The first kappa shape index (κ1) is 98.4. The second-order valence-corrected chi connectivity index (χ2v) is 39.7. The Morgan fingerprint density at radius 1 is 0.455 bits per heavy atom. The molecule has 35 nitrogen and oxygen atoms in total. The van der Waals surface area contributed by atoms with Crippen molar-refractivity contribution >= 4 is 188 Å². The highest BCUT2D eigenvalue weighted by Crippen LogP contribution is 2.39. The number of pyridine rings is 3. The number of amides is 4. The number of rotatable bonds is 19. The molecule has 2 aliphatic carbocycles. The SMILES string of the molecule is CN(c1ccccc1N)S(C)(=O)=O.CN(c1ccccc1N)S(C)(=O)=O.CN(c1ccccc1N)S(C)(=O)=O.CN1Cc2nc(CC(=O)C3CC3)cc(Nc3ccccc3N(C)S(C)(=O)=O)c2C1=O.CN1Cc2nc(Cl)cc(Cl)c2C1=O.CN1Cc2nc(Cl)cc(Nc3ccccc3N(C)S(C)(=O)=O)c2C1=O.NC(=O)C1CC1.O=[N+]([O-])c1ccccc1F. The molecule has 6 aromatic carbocycles. The number of para-hydroxylation sites is 11. The van der Waals surface area contributed by atoms with Gasteiger partial charge in [-0.15, -0.1) is 0 Å². The van der Waals surface area contributed by atoms with Gasteiger partial charge in [0, 0.05) is 80.7 Å². The summed E-state index contributed by atoms with van der Waals surface area (Å²) < 4.78 is 133. The third kappa shape index (κ3) is 27.1. The third-order valence-electron chi connectivity index (χ3n) is 18.8. The normalized spacial score (nSPS) is 13.6. The van der Waals surface area contributed by atoms with Crippen molar-refractivity contribution in [2.24, 2.45) is 17.6 Å². The molecule has 3 aliphatic heterocycles. The van der Waals surface area contributed by atoms with Crippen LogP contribution in [0, 0.1) is 27.8 Å². The first-order valence-electron chi connectivity index (χ1n) is 36.7. The van der Waals surface area contributed by atoms with E-state index in [1.165, 1.54) is 62.0 Å². The number of nitrogens with zero attached hydrogens (tertiary/aromatic N) is 12. The van der Waals surface area contributed by atoms with Crippen molar-refractivity contribution in [3.05, 3.63) is 235 Å². The summed E-state index contributed by atoms with van der Waals surface area (Å²) in [5, 5.41) is 17.3. The number of anilines is 12. The van der Waals surface area contributed by atoms with Gasteiger partial charge in [0.1, 0.15) is 16.1 Å². The first-order chi connectivity index (χ1) is 57.2. The molecule has 0 saturated heterocycles. The average molecular weight is 1850 g/mol. The summed E-state index contributed by atoms with van der Waals surface area (Å²) in [6.45, 7) is 1.24.